The zero-order valence-corrected chi connectivity index (χ0v) is 23.6. The maximum Gasteiger partial charge on any atom is 0.0436 e. The van der Waals surface area contributed by atoms with Gasteiger partial charge in [-0.15, -0.1) is 12.2 Å². The van der Waals surface area contributed by atoms with Crippen molar-refractivity contribution in [3.05, 3.63) is 64.0 Å². The fourth-order valence-electron chi connectivity index (χ4n) is 4.45. The van der Waals surface area contributed by atoms with Gasteiger partial charge in [0.1, 0.15) is 0 Å². The molecule has 0 unspecified atom stereocenters. The third-order valence-electron chi connectivity index (χ3n) is 6.24. The first-order valence-corrected chi connectivity index (χ1v) is 12.4. The molecule has 0 amide bonds. The van der Waals surface area contributed by atoms with Gasteiger partial charge in [-0.1, -0.05) is 109 Å². The summed E-state index contributed by atoms with van der Waals surface area (Å²) in [5.41, 5.74) is 8.40. The smallest absolute Gasteiger partial charge is 0.0436 e. The average Bonchev–Trinajstić information content (AvgIpc) is 2.72. The van der Waals surface area contributed by atoms with E-state index in [0.717, 1.165) is 26.1 Å². The first kappa shape index (κ1) is 28.8. The summed E-state index contributed by atoms with van der Waals surface area (Å²) < 4.78 is 0. The van der Waals surface area contributed by atoms with E-state index in [-0.39, 0.29) is 21.7 Å². The summed E-state index contributed by atoms with van der Waals surface area (Å²) in [7, 11) is 0. The third-order valence-corrected chi connectivity index (χ3v) is 6.24. The van der Waals surface area contributed by atoms with Crippen molar-refractivity contribution in [2.75, 3.05) is 24.5 Å². The molecule has 0 N–H and O–H groups in total. The standard InChI is InChI=1S/C29H45N2.Ti/c1-10-31(29-26(22(6)7)16-12-17-27(29)23(8)9)19-13-18-30-28-24(20(2)3)14-11-15-25(28)21(4)5;/h11-12,14-17,20-23H,10,13,18-19H2,1-9H3;/q-1;. The van der Waals surface area contributed by atoms with Crippen LogP contribution in [0.4, 0.5) is 11.4 Å². The average molecular weight is 470 g/mol. The molecule has 2 aromatic carbocycles. The van der Waals surface area contributed by atoms with Crippen LogP contribution in [0.1, 0.15) is 115 Å². The fraction of sp³-hybridized carbons (Fsp3) is 0.586. The maximum atomic E-state index is 5.14. The van der Waals surface area contributed by atoms with Crippen molar-refractivity contribution in [1.82, 2.24) is 0 Å². The molecule has 3 heteroatoms. The Morgan fingerprint density at radius 2 is 1.09 bits per heavy atom. The SMILES string of the molecule is CCN(CCC[N-]c1c(C(C)C)cccc1C(C)C)c1c(C(C)C)cccc1C(C)C.[Ti]. The quantitative estimate of drug-likeness (QED) is 0.237. The normalized spacial score (nSPS) is 11.4. The Balaban J connectivity index is 0.00000512. The Kier molecular flexibility index (Phi) is 12.1. The van der Waals surface area contributed by atoms with Crippen molar-refractivity contribution in [1.29, 1.82) is 0 Å². The Bertz CT molecular complexity index is 771. The topological polar surface area (TPSA) is 17.3 Å². The first-order chi connectivity index (χ1) is 14.7. The minimum Gasteiger partial charge on any atom is -0.684 e. The van der Waals surface area contributed by atoms with Crippen LogP contribution < -0.4 is 4.90 Å². The molecule has 2 nitrogen and oxygen atoms in total. The predicted octanol–water partition coefficient (Wildman–Crippen LogP) is 9.10. The van der Waals surface area contributed by atoms with Crippen LogP contribution in [0.3, 0.4) is 0 Å². The second-order valence-corrected chi connectivity index (χ2v) is 10.0. The molecule has 0 spiro atoms. The van der Waals surface area contributed by atoms with Crippen LogP contribution in [0.15, 0.2) is 36.4 Å². The van der Waals surface area contributed by atoms with Gasteiger partial charge in [-0.05, 0) is 41.7 Å². The van der Waals surface area contributed by atoms with E-state index < -0.39 is 0 Å². The second-order valence-electron chi connectivity index (χ2n) is 10.0. The number of nitrogens with zero attached hydrogens (tertiary/aromatic N) is 2. The van der Waals surface area contributed by atoms with Crippen molar-refractivity contribution in [3.8, 4) is 0 Å². The summed E-state index contributed by atoms with van der Waals surface area (Å²) in [4.78, 5) is 2.58. The molecule has 0 aliphatic carbocycles. The Labute approximate surface area is 213 Å². The van der Waals surface area contributed by atoms with Gasteiger partial charge in [-0.25, -0.2) is 0 Å². The van der Waals surface area contributed by atoms with E-state index in [1.165, 1.54) is 33.6 Å². The fourth-order valence-corrected chi connectivity index (χ4v) is 4.45. The van der Waals surface area contributed by atoms with Gasteiger partial charge in [0.2, 0.25) is 0 Å². The van der Waals surface area contributed by atoms with Gasteiger partial charge < -0.3 is 10.2 Å². The molecule has 0 heterocycles. The summed E-state index contributed by atoms with van der Waals surface area (Å²) in [5, 5.41) is 5.14. The molecule has 0 fully saturated rings. The van der Waals surface area contributed by atoms with Crippen molar-refractivity contribution >= 4 is 11.4 Å². The Morgan fingerprint density at radius 3 is 1.47 bits per heavy atom. The molecule has 176 valence electrons. The number of hydrogen-bond donors (Lipinski definition) is 0. The zero-order valence-electron chi connectivity index (χ0n) is 22.0. The van der Waals surface area contributed by atoms with Crippen LogP contribution in [0.5, 0.6) is 0 Å². The monoisotopic (exact) mass is 469 g/mol. The molecule has 2 aromatic rings. The molecule has 0 bridgehead atoms. The van der Waals surface area contributed by atoms with E-state index in [0.29, 0.717) is 23.7 Å². The summed E-state index contributed by atoms with van der Waals surface area (Å²) in [6.45, 7) is 23.6. The molecule has 2 rings (SSSR count). The molecular weight excluding hydrogens is 424 g/mol. The molecule has 32 heavy (non-hydrogen) atoms. The molecular formula is C29H45N2Ti-. The van der Waals surface area contributed by atoms with Crippen LogP contribution >= 0.6 is 0 Å². The number of anilines is 1. The van der Waals surface area contributed by atoms with E-state index in [1.807, 2.05) is 0 Å². The van der Waals surface area contributed by atoms with Gasteiger partial charge in [0.05, 0.1) is 0 Å². The minimum atomic E-state index is 0. The maximum absolute atomic E-state index is 5.14. The zero-order chi connectivity index (χ0) is 23.1. The van der Waals surface area contributed by atoms with Crippen LogP contribution in [-0.2, 0) is 21.7 Å². The van der Waals surface area contributed by atoms with E-state index >= 15 is 0 Å². The van der Waals surface area contributed by atoms with Gasteiger partial charge in [0.25, 0.3) is 0 Å². The van der Waals surface area contributed by atoms with Crippen LogP contribution in [0.2, 0.25) is 0 Å². The summed E-state index contributed by atoms with van der Waals surface area (Å²) in [5.74, 6) is 2.05. The van der Waals surface area contributed by atoms with Crippen LogP contribution in [-0.4, -0.2) is 19.6 Å². The molecule has 0 atom stereocenters. The number of hydrogen-bond acceptors (Lipinski definition) is 1. The van der Waals surface area contributed by atoms with E-state index in [2.05, 4.69) is 104 Å². The van der Waals surface area contributed by atoms with Gasteiger partial charge in [0.15, 0.2) is 0 Å². The van der Waals surface area contributed by atoms with Crippen molar-refractivity contribution < 1.29 is 21.7 Å². The predicted molar refractivity (Wildman–Crippen MR) is 140 cm³/mol. The van der Waals surface area contributed by atoms with Gasteiger partial charge in [-0.2, -0.15) is 0 Å². The molecule has 0 radical (unpaired) electrons. The largest absolute Gasteiger partial charge is 0.684 e. The molecule has 0 aliphatic rings. The van der Waals surface area contributed by atoms with Crippen LogP contribution in [0, 0.1) is 0 Å². The van der Waals surface area contributed by atoms with E-state index in [4.69, 9.17) is 5.32 Å². The summed E-state index contributed by atoms with van der Waals surface area (Å²) in [6, 6.07) is 13.6. The summed E-state index contributed by atoms with van der Waals surface area (Å²) >= 11 is 0. The van der Waals surface area contributed by atoms with Gasteiger partial charge in [-0.3, -0.25) is 0 Å². The summed E-state index contributed by atoms with van der Waals surface area (Å²) in [6.07, 6.45) is 1.07. The minimum absolute atomic E-state index is 0. The van der Waals surface area contributed by atoms with Gasteiger partial charge in [0, 0.05) is 40.5 Å². The van der Waals surface area contributed by atoms with Crippen molar-refractivity contribution in [2.24, 2.45) is 0 Å². The third kappa shape index (κ3) is 7.13. The van der Waals surface area contributed by atoms with Crippen molar-refractivity contribution in [3.63, 3.8) is 0 Å². The molecule has 0 saturated carbocycles. The Morgan fingerprint density at radius 1 is 0.688 bits per heavy atom. The molecule has 0 aromatic heterocycles. The number of para-hydroxylation sites is 2. The molecule has 0 saturated heterocycles. The molecule has 0 aliphatic heterocycles. The second kappa shape index (κ2) is 13.5. The van der Waals surface area contributed by atoms with E-state index in [9.17, 15) is 0 Å². The van der Waals surface area contributed by atoms with Crippen LogP contribution in [0.25, 0.3) is 5.32 Å². The van der Waals surface area contributed by atoms with Gasteiger partial charge >= 0.3 is 0 Å². The number of benzene rings is 2. The first-order valence-electron chi connectivity index (χ1n) is 12.4. The number of rotatable bonds is 11. The Hall–Kier alpha value is -1.25. The van der Waals surface area contributed by atoms with E-state index in [1.54, 1.807) is 0 Å². The van der Waals surface area contributed by atoms with Crippen molar-refractivity contribution in [2.45, 2.75) is 92.4 Å².